The first-order chi connectivity index (χ1) is 8.08. The number of nitrogens with one attached hydrogen (secondary N) is 1. The van der Waals surface area contributed by atoms with Gasteiger partial charge in [0.05, 0.1) is 30.4 Å². The molecule has 0 aromatic rings. The van der Waals surface area contributed by atoms with Crippen molar-refractivity contribution in [2.45, 2.75) is 26.0 Å². The standard InChI is InChI=1S/C12H20N2O2S/c1-5-12(8(2)13-4)17-9(3)14-10-6-16-7-11(10)15/h5,10-11,14-15H,3,6-7H2,1-2,4H3/b12-5+,13-8?. The molecular formula is C12H20N2O2S. The van der Waals surface area contributed by atoms with E-state index in [4.69, 9.17) is 4.74 Å². The van der Waals surface area contributed by atoms with Gasteiger partial charge in [-0.25, -0.2) is 0 Å². The maximum atomic E-state index is 9.61. The lowest BCUT2D eigenvalue weighted by atomic mass is 10.2. The van der Waals surface area contributed by atoms with Gasteiger partial charge in [0, 0.05) is 17.7 Å². The van der Waals surface area contributed by atoms with E-state index in [1.807, 2.05) is 19.9 Å². The number of aliphatic hydroxyl groups is 1. The number of ether oxygens (including phenoxy) is 1. The molecule has 0 bridgehead atoms. The van der Waals surface area contributed by atoms with Crippen LogP contribution in [0.2, 0.25) is 0 Å². The summed E-state index contributed by atoms with van der Waals surface area (Å²) in [5.74, 6) is 0. The van der Waals surface area contributed by atoms with Gasteiger partial charge in [-0.05, 0) is 13.8 Å². The number of hydrogen-bond acceptors (Lipinski definition) is 5. The number of hydrogen-bond donors (Lipinski definition) is 2. The fourth-order valence-corrected chi connectivity index (χ4v) is 2.33. The van der Waals surface area contributed by atoms with Crippen molar-refractivity contribution >= 4 is 17.5 Å². The highest BCUT2D eigenvalue weighted by Gasteiger charge is 2.26. The van der Waals surface area contributed by atoms with Crippen LogP contribution >= 0.6 is 11.8 Å². The molecular weight excluding hydrogens is 236 g/mol. The van der Waals surface area contributed by atoms with Crippen LogP contribution in [0.4, 0.5) is 0 Å². The van der Waals surface area contributed by atoms with E-state index >= 15 is 0 Å². The van der Waals surface area contributed by atoms with Crippen LogP contribution in [0.5, 0.6) is 0 Å². The normalized spacial score (nSPS) is 26.1. The van der Waals surface area contributed by atoms with Crippen LogP contribution in [-0.2, 0) is 4.74 Å². The molecule has 0 spiro atoms. The van der Waals surface area contributed by atoms with Gasteiger partial charge in [-0.3, -0.25) is 4.99 Å². The monoisotopic (exact) mass is 256 g/mol. The van der Waals surface area contributed by atoms with Crippen molar-refractivity contribution < 1.29 is 9.84 Å². The number of allylic oxidation sites excluding steroid dienone is 2. The summed E-state index contributed by atoms with van der Waals surface area (Å²) in [6.45, 7) is 8.79. The molecule has 2 unspecified atom stereocenters. The van der Waals surface area contributed by atoms with Gasteiger partial charge in [-0.15, -0.1) is 0 Å². The molecule has 0 radical (unpaired) electrons. The van der Waals surface area contributed by atoms with E-state index in [0.717, 1.165) is 15.6 Å². The Kier molecular flexibility index (Phi) is 5.74. The highest BCUT2D eigenvalue weighted by molar-refractivity contribution is 8.07. The van der Waals surface area contributed by atoms with E-state index in [1.165, 1.54) is 11.8 Å². The van der Waals surface area contributed by atoms with Crippen LogP contribution in [0.1, 0.15) is 13.8 Å². The predicted octanol–water partition coefficient (Wildman–Crippen LogP) is 1.53. The quantitative estimate of drug-likeness (QED) is 0.733. The number of rotatable bonds is 5. The van der Waals surface area contributed by atoms with E-state index in [1.54, 1.807) is 7.05 Å². The molecule has 4 nitrogen and oxygen atoms in total. The lowest BCUT2D eigenvalue weighted by Crippen LogP contribution is -2.37. The molecule has 0 aromatic heterocycles. The third kappa shape index (κ3) is 4.18. The molecule has 17 heavy (non-hydrogen) atoms. The van der Waals surface area contributed by atoms with Crippen molar-refractivity contribution in [3.8, 4) is 0 Å². The molecule has 1 fully saturated rings. The molecule has 0 saturated carbocycles. The van der Waals surface area contributed by atoms with Crippen molar-refractivity contribution in [1.29, 1.82) is 0 Å². The zero-order valence-electron chi connectivity index (χ0n) is 10.6. The fraction of sp³-hybridized carbons (Fsp3) is 0.583. The van der Waals surface area contributed by atoms with Crippen LogP contribution in [-0.4, -0.2) is 43.2 Å². The van der Waals surface area contributed by atoms with Crippen LogP contribution in [0.25, 0.3) is 0 Å². The van der Waals surface area contributed by atoms with Gasteiger partial charge in [0.15, 0.2) is 0 Å². The number of thioether (sulfide) groups is 1. The van der Waals surface area contributed by atoms with Crippen molar-refractivity contribution in [2.75, 3.05) is 20.3 Å². The lowest BCUT2D eigenvalue weighted by molar-refractivity contribution is 0.123. The van der Waals surface area contributed by atoms with Crippen LogP contribution in [0.15, 0.2) is 27.6 Å². The highest BCUT2D eigenvalue weighted by Crippen LogP contribution is 2.24. The molecule has 5 heteroatoms. The Labute approximate surface area is 107 Å². The predicted molar refractivity (Wildman–Crippen MR) is 73.3 cm³/mol. The second kappa shape index (κ2) is 6.83. The maximum Gasteiger partial charge on any atom is 0.0996 e. The van der Waals surface area contributed by atoms with E-state index in [0.29, 0.717) is 13.2 Å². The van der Waals surface area contributed by atoms with Gasteiger partial charge >= 0.3 is 0 Å². The third-order valence-corrected chi connectivity index (χ3v) is 3.70. The second-order valence-electron chi connectivity index (χ2n) is 3.84. The smallest absolute Gasteiger partial charge is 0.0996 e. The molecule has 1 saturated heterocycles. The summed E-state index contributed by atoms with van der Waals surface area (Å²) in [6, 6.07) is -0.0630. The number of aliphatic hydroxyl groups excluding tert-OH is 1. The summed E-state index contributed by atoms with van der Waals surface area (Å²) >= 11 is 1.52. The average molecular weight is 256 g/mol. The molecule has 0 aliphatic carbocycles. The van der Waals surface area contributed by atoms with E-state index in [-0.39, 0.29) is 6.04 Å². The first kappa shape index (κ1) is 14.3. The van der Waals surface area contributed by atoms with Gasteiger partial charge in [-0.2, -0.15) is 0 Å². The Morgan fingerprint density at radius 1 is 1.59 bits per heavy atom. The largest absolute Gasteiger partial charge is 0.388 e. The molecule has 1 aliphatic heterocycles. The minimum atomic E-state index is -0.456. The Morgan fingerprint density at radius 3 is 2.76 bits per heavy atom. The molecule has 2 atom stereocenters. The third-order valence-electron chi connectivity index (χ3n) is 2.58. The van der Waals surface area contributed by atoms with E-state index < -0.39 is 6.10 Å². The Balaban J connectivity index is 2.49. The first-order valence-corrected chi connectivity index (χ1v) is 6.39. The first-order valence-electron chi connectivity index (χ1n) is 5.57. The summed E-state index contributed by atoms with van der Waals surface area (Å²) < 4.78 is 5.17. The minimum Gasteiger partial charge on any atom is -0.388 e. The Hall–Kier alpha value is -0.780. The van der Waals surface area contributed by atoms with E-state index in [9.17, 15) is 5.11 Å². The summed E-state index contributed by atoms with van der Waals surface area (Å²) in [6.07, 6.45) is 1.55. The summed E-state index contributed by atoms with van der Waals surface area (Å²) in [4.78, 5) is 5.21. The molecule has 96 valence electrons. The number of aliphatic imine (C=N–C) groups is 1. The maximum absolute atomic E-state index is 9.61. The summed E-state index contributed by atoms with van der Waals surface area (Å²) in [5.41, 5.74) is 0.976. The summed E-state index contributed by atoms with van der Waals surface area (Å²) in [5, 5.41) is 13.6. The van der Waals surface area contributed by atoms with Crippen molar-refractivity contribution in [3.05, 3.63) is 22.6 Å². The van der Waals surface area contributed by atoms with Crippen LogP contribution < -0.4 is 5.32 Å². The van der Waals surface area contributed by atoms with E-state index in [2.05, 4.69) is 16.9 Å². The molecule has 0 amide bonds. The molecule has 2 N–H and O–H groups in total. The SMILES string of the molecule is C=C(NC1COCC1O)S/C(=C/C)C(C)=NC. The fourth-order valence-electron chi connectivity index (χ4n) is 1.50. The molecule has 0 aromatic carbocycles. The van der Waals surface area contributed by atoms with Gasteiger partial charge in [0.2, 0.25) is 0 Å². The second-order valence-corrected chi connectivity index (χ2v) is 4.98. The minimum absolute atomic E-state index is 0.0630. The van der Waals surface area contributed by atoms with Gasteiger partial charge < -0.3 is 15.2 Å². The summed E-state index contributed by atoms with van der Waals surface area (Å²) in [7, 11) is 1.77. The zero-order chi connectivity index (χ0) is 12.8. The molecule has 1 rings (SSSR count). The van der Waals surface area contributed by atoms with Crippen molar-refractivity contribution in [2.24, 2.45) is 4.99 Å². The Morgan fingerprint density at radius 2 is 2.29 bits per heavy atom. The van der Waals surface area contributed by atoms with Gasteiger partial charge in [-0.1, -0.05) is 24.4 Å². The van der Waals surface area contributed by atoms with Crippen molar-refractivity contribution in [3.63, 3.8) is 0 Å². The van der Waals surface area contributed by atoms with Gasteiger partial charge in [0.1, 0.15) is 0 Å². The van der Waals surface area contributed by atoms with Crippen molar-refractivity contribution in [1.82, 2.24) is 5.32 Å². The highest BCUT2D eigenvalue weighted by atomic mass is 32.2. The zero-order valence-corrected chi connectivity index (χ0v) is 11.4. The molecule has 1 aliphatic rings. The average Bonchev–Trinajstić information content (AvgIpc) is 2.71. The topological polar surface area (TPSA) is 53.8 Å². The number of nitrogens with zero attached hydrogens (tertiary/aromatic N) is 1. The van der Waals surface area contributed by atoms with Crippen LogP contribution in [0, 0.1) is 0 Å². The Bertz CT molecular complexity index is 339. The lowest BCUT2D eigenvalue weighted by Gasteiger charge is -2.18. The van der Waals surface area contributed by atoms with Gasteiger partial charge in [0.25, 0.3) is 0 Å². The molecule has 1 heterocycles. The van der Waals surface area contributed by atoms with Crippen LogP contribution in [0.3, 0.4) is 0 Å².